The molecule has 1 aliphatic rings. The van der Waals surface area contributed by atoms with Gasteiger partial charge in [-0.1, -0.05) is 6.92 Å². The van der Waals surface area contributed by atoms with E-state index in [-0.39, 0.29) is 0 Å². The molecule has 0 amide bonds. The van der Waals surface area contributed by atoms with E-state index in [1.54, 1.807) is 0 Å². The molecule has 48 valence electrons. The molecule has 1 atom stereocenters. The summed E-state index contributed by atoms with van der Waals surface area (Å²) in [6, 6.07) is 0. The van der Waals surface area contributed by atoms with Crippen LogP contribution in [-0.4, -0.2) is 24.3 Å². The van der Waals surface area contributed by atoms with Crippen molar-refractivity contribution in [1.82, 2.24) is 5.06 Å². The highest BCUT2D eigenvalue weighted by Gasteiger charge is 2.16. The summed E-state index contributed by atoms with van der Waals surface area (Å²) in [5.41, 5.74) is 0. The van der Waals surface area contributed by atoms with E-state index in [9.17, 15) is 0 Å². The normalized spacial score (nSPS) is 31.5. The molecule has 0 spiro atoms. The number of rotatable bonds is 1. The van der Waals surface area contributed by atoms with Crippen LogP contribution in [0, 0.1) is 0 Å². The summed E-state index contributed by atoms with van der Waals surface area (Å²) in [7, 11) is 0. The van der Waals surface area contributed by atoms with E-state index in [1.165, 1.54) is 6.42 Å². The van der Waals surface area contributed by atoms with Gasteiger partial charge >= 0.3 is 0 Å². The van der Waals surface area contributed by atoms with Crippen molar-refractivity contribution in [1.29, 1.82) is 0 Å². The van der Waals surface area contributed by atoms with Crippen LogP contribution in [0.1, 0.15) is 20.3 Å². The molecule has 1 aliphatic heterocycles. The third-order valence-corrected chi connectivity index (χ3v) is 1.47. The first-order valence-electron chi connectivity index (χ1n) is 3.24. The van der Waals surface area contributed by atoms with Gasteiger partial charge in [-0.15, -0.1) is 0 Å². The van der Waals surface area contributed by atoms with Gasteiger partial charge in [0.25, 0.3) is 0 Å². The number of nitrogens with zero attached hydrogens (tertiary/aromatic N) is 1. The predicted octanol–water partition coefficient (Wildman–Crippen LogP) is 1.03. The Labute approximate surface area is 50.4 Å². The second kappa shape index (κ2) is 2.46. The van der Waals surface area contributed by atoms with Gasteiger partial charge in [0, 0.05) is 13.1 Å². The summed E-state index contributed by atoms with van der Waals surface area (Å²) in [6.07, 6.45) is 1.64. The summed E-state index contributed by atoms with van der Waals surface area (Å²) in [4.78, 5) is 5.34. The highest BCUT2D eigenvalue weighted by atomic mass is 16.7. The molecule has 0 aromatic rings. The first-order valence-corrected chi connectivity index (χ1v) is 3.24. The minimum atomic E-state index is 0.454. The molecule has 0 bridgehead atoms. The van der Waals surface area contributed by atoms with Crippen molar-refractivity contribution in [3.63, 3.8) is 0 Å². The van der Waals surface area contributed by atoms with Gasteiger partial charge in [-0.25, -0.2) is 0 Å². The average molecular weight is 115 g/mol. The quantitative estimate of drug-likeness (QED) is 0.506. The summed E-state index contributed by atoms with van der Waals surface area (Å²) in [5.74, 6) is 0. The Morgan fingerprint density at radius 1 is 1.75 bits per heavy atom. The highest BCUT2D eigenvalue weighted by molar-refractivity contribution is 4.58. The maximum absolute atomic E-state index is 5.34. The summed E-state index contributed by atoms with van der Waals surface area (Å²) < 4.78 is 0. The van der Waals surface area contributed by atoms with Gasteiger partial charge in [0.15, 0.2) is 0 Å². The van der Waals surface area contributed by atoms with Crippen molar-refractivity contribution < 1.29 is 4.84 Å². The van der Waals surface area contributed by atoms with Gasteiger partial charge in [0.05, 0.1) is 6.10 Å². The molecule has 1 rings (SSSR count). The lowest BCUT2D eigenvalue weighted by atomic mass is 10.3. The molecule has 0 N–H and O–H groups in total. The molecule has 1 saturated heterocycles. The first-order chi connectivity index (χ1) is 3.83. The fraction of sp³-hybridized carbons (Fsp3) is 1.00. The fourth-order valence-corrected chi connectivity index (χ4v) is 0.918. The van der Waals surface area contributed by atoms with Crippen LogP contribution in [0.15, 0.2) is 0 Å². The molecule has 0 aromatic heterocycles. The monoisotopic (exact) mass is 115 g/mol. The van der Waals surface area contributed by atoms with Crippen molar-refractivity contribution in [3.05, 3.63) is 0 Å². The van der Waals surface area contributed by atoms with Crippen LogP contribution in [-0.2, 0) is 4.84 Å². The van der Waals surface area contributed by atoms with Crippen LogP contribution in [0.5, 0.6) is 0 Å². The second-order valence-electron chi connectivity index (χ2n) is 2.23. The SMILES string of the molecule is CCN1CC[C@H](C)O1. The molecule has 0 aromatic carbocycles. The van der Waals surface area contributed by atoms with Crippen molar-refractivity contribution in [2.24, 2.45) is 0 Å². The molecule has 0 radical (unpaired) electrons. The van der Waals surface area contributed by atoms with Crippen LogP contribution in [0.4, 0.5) is 0 Å². The van der Waals surface area contributed by atoms with E-state index in [4.69, 9.17) is 4.84 Å². The Bertz CT molecular complexity index is 74.9. The van der Waals surface area contributed by atoms with Crippen molar-refractivity contribution in [2.75, 3.05) is 13.1 Å². The summed E-state index contributed by atoms with van der Waals surface area (Å²) >= 11 is 0. The molecule has 1 fully saturated rings. The molecule has 8 heavy (non-hydrogen) atoms. The van der Waals surface area contributed by atoms with E-state index in [0.29, 0.717) is 6.10 Å². The zero-order chi connectivity index (χ0) is 5.98. The number of hydroxylamine groups is 2. The Kier molecular flexibility index (Phi) is 1.86. The summed E-state index contributed by atoms with van der Waals surface area (Å²) in [6.45, 7) is 6.34. The summed E-state index contributed by atoms with van der Waals surface area (Å²) in [5, 5.41) is 2.00. The van der Waals surface area contributed by atoms with Gasteiger partial charge in [-0.05, 0) is 13.3 Å². The topological polar surface area (TPSA) is 12.5 Å². The Balaban J connectivity index is 2.22. The van der Waals surface area contributed by atoms with E-state index in [1.807, 2.05) is 5.06 Å². The fourth-order valence-electron chi connectivity index (χ4n) is 0.918. The second-order valence-corrected chi connectivity index (χ2v) is 2.23. The molecule has 1 heterocycles. The molecule has 0 aliphatic carbocycles. The molecule has 2 heteroatoms. The molecular formula is C6H13NO. The van der Waals surface area contributed by atoms with Gasteiger partial charge in [-0.3, -0.25) is 4.84 Å². The lowest BCUT2D eigenvalue weighted by Crippen LogP contribution is -2.17. The average Bonchev–Trinajstić information content (AvgIpc) is 2.14. The van der Waals surface area contributed by atoms with Crippen LogP contribution < -0.4 is 0 Å². The van der Waals surface area contributed by atoms with Crippen LogP contribution in [0.3, 0.4) is 0 Å². The minimum absolute atomic E-state index is 0.454. The molecule has 0 unspecified atom stereocenters. The lowest BCUT2D eigenvalue weighted by molar-refractivity contribution is -0.136. The number of hydrogen-bond acceptors (Lipinski definition) is 2. The van der Waals surface area contributed by atoms with E-state index in [2.05, 4.69) is 13.8 Å². The first kappa shape index (κ1) is 6.05. The highest BCUT2D eigenvalue weighted by Crippen LogP contribution is 2.10. The third kappa shape index (κ3) is 1.20. The zero-order valence-electron chi connectivity index (χ0n) is 5.55. The largest absolute Gasteiger partial charge is 0.296 e. The lowest BCUT2D eigenvalue weighted by Gasteiger charge is -2.10. The van der Waals surface area contributed by atoms with Gasteiger partial charge < -0.3 is 0 Å². The molecular weight excluding hydrogens is 102 g/mol. The zero-order valence-corrected chi connectivity index (χ0v) is 5.55. The Morgan fingerprint density at radius 2 is 2.50 bits per heavy atom. The van der Waals surface area contributed by atoms with Crippen LogP contribution >= 0.6 is 0 Å². The van der Waals surface area contributed by atoms with Crippen LogP contribution in [0.2, 0.25) is 0 Å². The van der Waals surface area contributed by atoms with Gasteiger partial charge in [0.2, 0.25) is 0 Å². The van der Waals surface area contributed by atoms with Gasteiger partial charge in [-0.2, -0.15) is 5.06 Å². The molecule has 2 nitrogen and oxygen atoms in total. The maximum atomic E-state index is 5.34. The molecule has 0 saturated carbocycles. The minimum Gasteiger partial charge on any atom is -0.296 e. The van der Waals surface area contributed by atoms with Crippen molar-refractivity contribution in [3.8, 4) is 0 Å². The predicted molar refractivity (Wildman–Crippen MR) is 32.4 cm³/mol. The standard InChI is InChI=1S/C6H13NO/c1-3-7-5-4-6(2)8-7/h6H,3-5H2,1-2H3/t6-/m0/s1. The smallest absolute Gasteiger partial charge is 0.0778 e. The van der Waals surface area contributed by atoms with Crippen molar-refractivity contribution >= 4 is 0 Å². The van der Waals surface area contributed by atoms with Crippen molar-refractivity contribution in [2.45, 2.75) is 26.4 Å². The van der Waals surface area contributed by atoms with Gasteiger partial charge in [0.1, 0.15) is 0 Å². The van der Waals surface area contributed by atoms with E-state index in [0.717, 1.165) is 13.1 Å². The maximum Gasteiger partial charge on any atom is 0.0778 e. The van der Waals surface area contributed by atoms with Crippen LogP contribution in [0.25, 0.3) is 0 Å². The Hall–Kier alpha value is -0.0800. The number of hydrogen-bond donors (Lipinski definition) is 0. The van der Waals surface area contributed by atoms with E-state index >= 15 is 0 Å². The third-order valence-electron chi connectivity index (χ3n) is 1.47. The Morgan fingerprint density at radius 3 is 2.75 bits per heavy atom. The van der Waals surface area contributed by atoms with E-state index < -0.39 is 0 Å².